The summed E-state index contributed by atoms with van der Waals surface area (Å²) in [6.45, 7) is 2.80. The van der Waals surface area contributed by atoms with Crippen molar-refractivity contribution < 1.29 is 14.6 Å². The van der Waals surface area contributed by atoms with Gasteiger partial charge in [-0.15, -0.1) is 0 Å². The fourth-order valence-electron chi connectivity index (χ4n) is 5.51. The Morgan fingerprint density at radius 2 is 1.46 bits per heavy atom. The van der Waals surface area contributed by atoms with Crippen LogP contribution in [0.1, 0.15) is 47.2 Å². The molecule has 0 amide bonds. The Labute approximate surface area is 215 Å². The zero-order valence-electron chi connectivity index (χ0n) is 19.7. The third-order valence-electron chi connectivity index (χ3n) is 7.28. The number of hydrogen-bond donors (Lipinski definition) is 2. The maximum Gasteiger partial charge on any atom is 0.335 e. The van der Waals surface area contributed by atoms with Crippen LogP contribution in [-0.2, 0) is 13.1 Å². The fourth-order valence-corrected chi connectivity index (χ4v) is 5.77. The Kier molecular flexibility index (Phi) is 7.51. The zero-order valence-corrected chi connectivity index (χ0v) is 21.3. The van der Waals surface area contributed by atoms with E-state index in [4.69, 9.17) is 9.84 Å². The maximum absolute atomic E-state index is 11.0. The van der Waals surface area contributed by atoms with Crippen LogP contribution in [-0.4, -0.2) is 34.6 Å². The van der Waals surface area contributed by atoms with Crippen molar-refractivity contribution in [1.82, 2.24) is 10.2 Å². The molecule has 1 unspecified atom stereocenters. The van der Waals surface area contributed by atoms with Crippen LogP contribution < -0.4 is 10.1 Å². The summed E-state index contributed by atoms with van der Waals surface area (Å²) in [6.07, 6.45) is 5.07. The second-order valence-electron chi connectivity index (χ2n) is 9.73. The largest absolute Gasteiger partial charge is 0.478 e. The van der Waals surface area contributed by atoms with Crippen LogP contribution in [0.15, 0.2) is 77.3 Å². The Morgan fingerprint density at radius 1 is 0.886 bits per heavy atom. The van der Waals surface area contributed by atoms with Gasteiger partial charge < -0.3 is 15.2 Å². The van der Waals surface area contributed by atoms with Crippen LogP contribution in [0.3, 0.4) is 0 Å². The van der Waals surface area contributed by atoms with Gasteiger partial charge in [0, 0.05) is 29.6 Å². The van der Waals surface area contributed by atoms with Crippen molar-refractivity contribution in [3.8, 4) is 11.5 Å². The molecule has 0 aromatic heterocycles. The van der Waals surface area contributed by atoms with Gasteiger partial charge in [0.05, 0.1) is 5.56 Å². The molecule has 2 saturated heterocycles. The normalized spacial score (nSPS) is 21.7. The Bertz CT molecular complexity index is 1120. The predicted molar refractivity (Wildman–Crippen MR) is 141 cm³/mol. The van der Waals surface area contributed by atoms with Crippen molar-refractivity contribution in [2.75, 3.05) is 6.54 Å². The molecule has 3 atom stereocenters. The van der Waals surface area contributed by atoms with Crippen molar-refractivity contribution in [2.45, 2.75) is 50.9 Å². The Hall–Kier alpha value is -2.67. The number of rotatable bonds is 9. The van der Waals surface area contributed by atoms with E-state index in [2.05, 4.69) is 50.4 Å². The Balaban J connectivity index is 1.09. The number of fused-ring (bicyclic) bond motifs is 2. The molecule has 0 aliphatic carbocycles. The average Bonchev–Trinajstić information content (AvgIpc) is 3.08. The van der Waals surface area contributed by atoms with E-state index in [9.17, 15) is 4.79 Å². The van der Waals surface area contributed by atoms with E-state index in [-0.39, 0.29) is 0 Å². The third kappa shape index (κ3) is 6.13. The molecule has 3 aromatic carbocycles. The molecule has 5 rings (SSSR count). The topological polar surface area (TPSA) is 61.8 Å². The number of carbonyl (C=O) groups is 1. The molecule has 0 spiro atoms. The lowest BCUT2D eigenvalue weighted by Crippen LogP contribution is -2.44. The van der Waals surface area contributed by atoms with Gasteiger partial charge >= 0.3 is 5.97 Å². The zero-order chi connectivity index (χ0) is 24.2. The van der Waals surface area contributed by atoms with E-state index in [1.54, 1.807) is 12.1 Å². The van der Waals surface area contributed by atoms with E-state index in [1.165, 1.54) is 31.2 Å². The monoisotopic (exact) mass is 534 g/mol. The standard InChI is InChI=1S/C29H31BrN2O3/c30-24-7-13-28(14-8-24)35-27-11-3-21(4-12-27)19-32-25-9-10-26(32)16-22(15-25)18-31-17-20-1-5-23(6-2-20)29(33)34/h1-8,11-14,22,25-26,31H,9-10,15-19H2,(H,33,34)/t22?,25-,26+. The first kappa shape index (κ1) is 24.0. The highest BCUT2D eigenvalue weighted by atomic mass is 79.9. The highest BCUT2D eigenvalue weighted by Gasteiger charge is 2.40. The first-order valence-corrected chi connectivity index (χ1v) is 13.1. The van der Waals surface area contributed by atoms with E-state index in [0.29, 0.717) is 23.6 Å². The molecule has 0 radical (unpaired) electrons. The summed E-state index contributed by atoms with van der Waals surface area (Å²) in [4.78, 5) is 13.7. The van der Waals surface area contributed by atoms with Crippen LogP contribution >= 0.6 is 15.9 Å². The van der Waals surface area contributed by atoms with Crippen LogP contribution in [0, 0.1) is 5.92 Å². The molecule has 2 N–H and O–H groups in total. The summed E-state index contributed by atoms with van der Waals surface area (Å²) < 4.78 is 7.01. The molecule has 0 saturated carbocycles. The first-order chi connectivity index (χ1) is 17.0. The second kappa shape index (κ2) is 10.9. The van der Waals surface area contributed by atoms with Crippen molar-refractivity contribution in [2.24, 2.45) is 5.92 Å². The van der Waals surface area contributed by atoms with Crippen molar-refractivity contribution >= 4 is 21.9 Å². The summed E-state index contributed by atoms with van der Waals surface area (Å²) in [7, 11) is 0. The van der Waals surface area contributed by atoms with E-state index < -0.39 is 5.97 Å². The number of carboxylic acids is 1. The van der Waals surface area contributed by atoms with Gasteiger partial charge in [0.25, 0.3) is 0 Å². The molecule has 2 fully saturated rings. The van der Waals surface area contributed by atoms with Crippen LogP contribution in [0.5, 0.6) is 11.5 Å². The minimum absolute atomic E-state index is 0.337. The molecule has 2 bridgehead atoms. The number of carboxylic acid groups (broad SMARTS) is 1. The molecule has 2 aliphatic heterocycles. The highest BCUT2D eigenvalue weighted by Crippen LogP contribution is 2.39. The lowest BCUT2D eigenvalue weighted by atomic mass is 9.90. The number of nitrogens with one attached hydrogen (secondary N) is 1. The lowest BCUT2D eigenvalue weighted by molar-refractivity contribution is 0.0697. The molecule has 2 aliphatic rings. The average molecular weight is 535 g/mol. The number of aromatic carboxylic acids is 1. The van der Waals surface area contributed by atoms with Crippen molar-refractivity contribution in [3.63, 3.8) is 0 Å². The molecular weight excluding hydrogens is 504 g/mol. The molecule has 182 valence electrons. The summed E-state index contributed by atoms with van der Waals surface area (Å²) >= 11 is 3.45. The van der Waals surface area contributed by atoms with Gasteiger partial charge in [0.2, 0.25) is 0 Å². The smallest absolute Gasteiger partial charge is 0.335 e. The molecule has 35 heavy (non-hydrogen) atoms. The number of benzene rings is 3. The predicted octanol–water partition coefficient (Wildman–Crippen LogP) is 6.47. The lowest BCUT2D eigenvalue weighted by Gasteiger charge is -2.39. The molecule has 6 heteroatoms. The van der Waals surface area contributed by atoms with E-state index >= 15 is 0 Å². The van der Waals surface area contributed by atoms with Crippen LogP contribution in [0.4, 0.5) is 0 Å². The van der Waals surface area contributed by atoms with Gasteiger partial charge in [-0.25, -0.2) is 4.79 Å². The van der Waals surface area contributed by atoms with Gasteiger partial charge in [-0.3, -0.25) is 4.90 Å². The van der Waals surface area contributed by atoms with Gasteiger partial charge in [-0.05, 0) is 97.8 Å². The second-order valence-corrected chi connectivity index (χ2v) is 10.6. The number of ether oxygens (including phenoxy) is 1. The van der Waals surface area contributed by atoms with Crippen LogP contribution in [0.2, 0.25) is 0 Å². The Morgan fingerprint density at radius 3 is 2.06 bits per heavy atom. The molecule has 3 aromatic rings. The minimum atomic E-state index is -0.878. The summed E-state index contributed by atoms with van der Waals surface area (Å²) in [5.41, 5.74) is 2.80. The van der Waals surface area contributed by atoms with Crippen LogP contribution in [0.25, 0.3) is 0 Å². The fraction of sp³-hybridized carbons (Fsp3) is 0.345. The quantitative estimate of drug-likeness (QED) is 0.329. The van der Waals surface area contributed by atoms with Crippen molar-refractivity contribution in [1.29, 1.82) is 0 Å². The number of halogens is 1. The molecule has 5 nitrogen and oxygen atoms in total. The first-order valence-electron chi connectivity index (χ1n) is 12.3. The minimum Gasteiger partial charge on any atom is -0.478 e. The number of piperidine rings is 1. The van der Waals surface area contributed by atoms with E-state index in [1.807, 2.05) is 36.4 Å². The summed E-state index contributed by atoms with van der Waals surface area (Å²) in [5, 5.41) is 12.6. The van der Waals surface area contributed by atoms with Gasteiger partial charge in [-0.1, -0.05) is 40.2 Å². The summed E-state index contributed by atoms with van der Waals surface area (Å²) in [5.74, 6) is 1.52. The third-order valence-corrected chi connectivity index (χ3v) is 7.81. The number of nitrogens with zero attached hydrogens (tertiary/aromatic N) is 1. The molecular formula is C29H31BrN2O3. The van der Waals surface area contributed by atoms with Gasteiger partial charge in [0.15, 0.2) is 0 Å². The van der Waals surface area contributed by atoms with Gasteiger partial charge in [-0.2, -0.15) is 0 Å². The van der Waals surface area contributed by atoms with Gasteiger partial charge in [0.1, 0.15) is 11.5 Å². The summed E-state index contributed by atoms with van der Waals surface area (Å²) in [6, 6.07) is 24.9. The number of hydrogen-bond acceptors (Lipinski definition) is 4. The van der Waals surface area contributed by atoms with E-state index in [0.717, 1.165) is 41.2 Å². The maximum atomic E-state index is 11.0. The van der Waals surface area contributed by atoms with Crippen molar-refractivity contribution in [3.05, 3.63) is 94.0 Å². The highest BCUT2D eigenvalue weighted by molar-refractivity contribution is 9.10. The molecule has 2 heterocycles. The SMILES string of the molecule is O=C(O)c1ccc(CNCC2C[C@H]3CC[C@@H](C2)N3Cc2ccc(Oc3ccc(Br)cc3)cc2)cc1.